The molecular weight excluding hydrogens is 237 g/mol. The first-order valence-electron chi connectivity index (χ1n) is 4.25. The molecule has 0 heterocycles. The molecule has 0 saturated carbocycles. The second-order valence-electron chi connectivity index (χ2n) is 3.00. The van der Waals surface area contributed by atoms with Gasteiger partial charge in [-0.05, 0) is 24.1 Å². The highest BCUT2D eigenvalue weighted by atomic mass is 35.5. The lowest BCUT2D eigenvalue weighted by Crippen LogP contribution is -2.03. The lowest BCUT2D eigenvalue weighted by Gasteiger charge is -2.03. The average Bonchev–Trinajstić information content (AvgIpc) is 2.18. The number of carbonyl (C=O) groups is 1. The quantitative estimate of drug-likeness (QED) is 0.801. The monoisotopic (exact) mass is 245 g/mol. The van der Waals surface area contributed by atoms with E-state index in [1.54, 1.807) is 18.2 Å². The van der Waals surface area contributed by atoms with Gasteiger partial charge >= 0.3 is 5.97 Å². The van der Waals surface area contributed by atoms with Gasteiger partial charge < -0.3 is 10.5 Å². The number of benzene rings is 1. The SMILES string of the molecule is N=C(CCC(=O)O)c1ccc(Cl)c(Cl)c1. The number of rotatable bonds is 4. The molecule has 3 nitrogen and oxygen atoms in total. The maximum absolute atomic E-state index is 10.3. The highest BCUT2D eigenvalue weighted by Crippen LogP contribution is 2.23. The number of hydrogen-bond donors (Lipinski definition) is 2. The van der Waals surface area contributed by atoms with E-state index < -0.39 is 5.97 Å². The summed E-state index contributed by atoms with van der Waals surface area (Å²) < 4.78 is 0. The highest BCUT2D eigenvalue weighted by molar-refractivity contribution is 6.42. The van der Waals surface area contributed by atoms with Gasteiger partial charge in [-0.2, -0.15) is 0 Å². The zero-order valence-electron chi connectivity index (χ0n) is 7.76. The van der Waals surface area contributed by atoms with Crippen molar-refractivity contribution in [3.05, 3.63) is 33.8 Å². The molecule has 2 N–H and O–H groups in total. The van der Waals surface area contributed by atoms with Crippen molar-refractivity contribution >= 4 is 34.9 Å². The van der Waals surface area contributed by atoms with Gasteiger partial charge in [0, 0.05) is 5.71 Å². The number of halogens is 2. The molecule has 0 bridgehead atoms. The van der Waals surface area contributed by atoms with Crippen molar-refractivity contribution in [1.29, 1.82) is 5.41 Å². The third-order valence-electron chi connectivity index (χ3n) is 1.86. The zero-order valence-corrected chi connectivity index (χ0v) is 9.27. The Morgan fingerprint density at radius 1 is 1.27 bits per heavy atom. The van der Waals surface area contributed by atoms with E-state index in [0.29, 0.717) is 15.6 Å². The predicted molar refractivity (Wildman–Crippen MR) is 60.2 cm³/mol. The van der Waals surface area contributed by atoms with Crippen LogP contribution in [0, 0.1) is 5.41 Å². The Labute approximate surface area is 97.1 Å². The molecule has 1 aromatic rings. The van der Waals surface area contributed by atoms with Gasteiger partial charge in [-0.25, -0.2) is 0 Å². The molecule has 0 aliphatic carbocycles. The Hall–Kier alpha value is -1.06. The van der Waals surface area contributed by atoms with Crippen molar-refractivity contribution in [3.63, 3.8) is 0 Å². The molecule has 0 spiro atoms. The Kier molecular flexibility index (Phi) is 4.12. The van der Waals surface area contributed by atoms with Gasteiger partial charge in [0.1, 0.15) is 0 Å². The van der Waals surface area contributed by atoms with Crippen LogP contribution in [-0.2, 0) is 4.79 Å². The molecule has 5 heteroatoms. The standard InChI is InChI=1S/C10H9Cl2NO2/c11-7-2-1-6(5-8(7)12)9(13)3-4-10(14)15/h1-2,5,13H,3-4H2,(H,14,15). The van der Waals surface area contributed by atoms with Gasteiger partial charge in [-0.15, -0.1) is 0 Å². The normalized spacial score (nSPS) is 10.0. The summed E-state index contributed by atoms with van der Waals surface area (Å²) in [6.07, 6.45) is 0.131. The van der Waals surface area contributed by atoms with E-state index in [0.717, 1.165) is 0 Å². The second-order valence-corrected chi connectivity index (χ2v) is 3.82. The van der Waals surface area contributed by atoms with Crippen LogP contribution in [0.25, 0.3) is 0 Å². The number of hydrogen-bond acceptors (Lipinski definition) is 2. The van der Waals surface area contributed by atoms with Gasteiger partial charge in [-0.1, -0.05) is 29.3 Å². The summed E-state index contributed by atoms with van der Waals surface area (Å²) in [7, 11) is 0. The molecule has 0 aliphatic rings. The minimum Gasteiger partial charge on any atom is -0.481 e. The highest BCUT2D eigenvalue weighted by Gasteiger charge is 2.06. The third kappa shape index (κ3) is 3.53. The van der Waals surface area contributed by atoms with Crippen LogP contribution in [-0.4, -0.2) is 16.8 Å². The Balaban J connectivity index is 2.74. The number of carboxylic acid groups (broad SMARTS) is 1. The van der Waals surface area contributed by atoms with Crippen LogP contribution in [0.4, 0.5) is 0 Å². The fourth-order valence-electron chi connectivity index (χ4n) is 1.06. The summed E-state index contributed by atoms with van der Waals surface area (Å²) in [5.41, 5.74) is 0.849. The molecule has 0 unspecified atom stereocenters. The predicted octanol–water partition coefficient (Wildman–Crippen LogP) is 3.23. The van der Waals surface area contributed by atoms with Crippen LogP contribution < -0.4 is 0 Å². The summed E-state index contributed by atoms with van der Waals surface area (Å²) in [5.74, 6) is -0.917. The largest absolute Gasteiger partial charge is 0.481 e. The van der Waals surface area contributed by atoms with Crippen molar-refractivity contribution in [2.75, 3.05) is 0 Å². The van der Waals surface area contributed by atoms with Crippen LogP contribution in [0.3, 0.4) is 0 Å². The molecule has 0 radical (unpaired) electrons. The summed E-state index contributed by atoms with van der Waals surface area (Å²) in [5, 5.41) is 16.9. The van der Waals surface area contributed by atoms with E-state index in [-0.39, 0.29) is 18.6 Å². The van der Waals surface area contributed by atoms with Crippen LogP contribution in [0.15, 0.2) is 18.2 Å². The fourth-order valence-corrected chi connectivity index (χ4v) is 1.36. The number of aliphatic carboxylic acids is 1. The summed E-state index contributed by atoms with van der Waals surface area (Å²) in [4.78, 5) is 10.3. The smallest absolute Gasteiger partial charge is 0.303 e. The second kappa shape index (κ2) is 5.14. The van der Waals surface area contributed by atoms with Gasteiger partial charge in [-0.3, -0.25) is 4.79 Å². The molecule has 0 atom stereocenters. The van der Waals surface area contributed by atoms with E-state index in [1.165, 1.54) is 0 Å². The molecule has 15 heavy (non-hydrogen) atoms. The molecule has 1 aromatic carbocycles. The molecule has 80 valence electrons. The van der Waals surface area contributed by atoms with Crippen molar-refractivity contribution in [1.82, 2.24) is 0 Å². The summed E-state index contributed by atoms with van der Waals surface area (Å²) >= 11 is 11.5. The molecule has 0 aromatic heterocycles. The minimum atomic E-state index is -0.917. The summed E-state index contributed by atoms with van der Waals surface area (Å²) in [6.45, 7) is 0. The molecule has 0 fully saturated rings. The van der Waals surface area contributed by atoms with E-state index in [2.05, 4.69) is 0 Å². The van der Waals surface area contributed by atoms with Gasteiger partial charge in [0.25, 0.3) is 0 Å². The van der Waals surface area contributed by atoms with Crippen LogP contribution in [0.2, 0.25) is 10.0 Å². The van der Waals surface area contributed by atoms with Crippen LogP contribution >= 0.6 is 23.2 Å². The van der Waals surface area contributed by atoms with Gasteiger partial charge in [0.05, 0.1) is 16.5 Å². The Morgan fingerprint density at radius 3 is 2.47 bits per heavy atom. The van der Waals surface area contributed by atoms with Gasteiger partial charge in [0.15, 0.2) is 0 Å². The van der Waals surface area contributed by atoms with Crippen LogP contribution in [0.5, 0.6) is 0 Å². The van der Waals surface area contributed by atoms with Crippen molar-refractivity contribution in [2.45, 2.75) is 12.8 Å². The molecular formula is C10H9Cl2NO2. The molecule has 0 saturated heterocycles. The number of nitrogens with one attached hydrogen (secondary N) is 1. The molecule has 0 aliphatic heterocycles. The third-order valence-corrected chi connectivity index (χ3v) is 2.60. The van der Waals surface area contributed by atoms with E-state index in [4.69, 9.17) is 33.7 Å². The topological polar surface area (TPSA) is 61.2 Å². The van der Waals surface area contributed by atoms with Crippen molar-refractivity contribution < 1.29 is 9.90 Å². The Bertz CT molecular complexity index is 404. The lowest BCUT2D eigenvalue weighted by molar-refractivity contribution is -0.136. The van der Waals surface area contributed by atoms with E-state index >= 15 is 0 Å². The van der Waals surface area contributed by atoms with Crippen LogP contribution in [0.1, 0.15) is 18.4 Å². The van der Waals surface area contributed by atoms with E-state index in [1.807, 2.05) is 0 Å². The zero-order chi connectivity index (χ0) is 11.4. The van der Waals surface area contributed by atoms with Crippen molar-refractivity contribution in [3.8, 4) is 0 Å². The number of carboxylic acids is 1. The maximum Gasteiger partial charge on any atom is 0.303 e. The first kappa shape index (κ1) is 12.0. The Morgan fingerprint density at radius 2 is 1.93 bits per heavy atom. The molecule has 1 rings (SSSR count). The average molecular weight is 246 g/mol. The first-order chi connectivity index (χ1) is 7.00. The lowest BCUT2D eigenvalue weighted by atomic mass is 10.1. The maximum atomic E-state index is 10.3. The first-order valence-corrected chi connectivity index (χ1v) is 5.01. The minimum absolute atomic E-state index is 0.0565. The van der Waals surface area contributed by atoms with E-state index in [9.17, 15) is 4.79 Å². The summed E-state index contributed by atoms with van der Waals surface area (Å²) in [6, 6.07) is 4.81. The van der Waals surface area contributed by atoms with Crippen molar-refractivity contribution in [2.24, 2.45) is 0 Å². The molecule has 0 amide bonds. The fraction of sp³-hybridized carbons (Fsp3) is 0.200. The van der Waals surface area contributed by atoms with Gasteiger partial charge in [0.2, 0.25) is 0 Å².